The van der Waals surface area contributed by atoms with E-state index in [0.717, 1.165) is 12.8 Å². The molecule has 0 aromatic rings. The fraction of sp³-hybridized carbons (Fsp3) is 0.889. The summed E-state index contributed by atoms with van der Waals surface area (Å²) in [7, 11) is 6.00. The van der Waals surface area contributed by atoms with E-state index in [9.17, 15) is 4.79 Å². The molecule has 0 heterocycles. The predicted molar refractivity (Wildman–Crippen MR) is 95.0 cm³/mol. The summed E-state index contributed by atoms with van der Waals surface area (Å²) >= 11 is 0. The molecule has 22 heavy (non-hydrogen) atoms. The lowest BCUT2D eigenvalue weighted by molar-refractivity contribution is -0.137. The van der Waals surface area contributed by atoms with E-state index in [0.29, 0.717) is 12.8 Å². The van der Waals surface area contributed by atoms with Gasteiger partial charge in [0.2, 0.25) is 0 Å². The van der Waals surface area contributed by atoms with Gasteiger partial charge in [0.15, 0.2) is 0 Å². The van der Waals surface area contributed by atoms with Gasteiger partial charge in [0.1, 0.15) is 0 Å². The normalized spacial score (nSPS) is 9.14. The maximum absolute atomic E-state index is 10.2. The molecule has 132 valence electrons. The number of carbonyl (C=O) groups is 1. The van der Waals surface area contributed by atoms with Crippen molar-refractivity contribution in [2.24, 2.45) is 0 Å². The van der Waals surface area contributed by atoms with Gasteiger partial charge in [0, 0.05) is 12.8 Å². The van der Waals surface area contributed by atoms with Crippen molar-refractivity contribution in [3.05, 3.63) is 0 Å². The van der Waals surface area contributed by atoms with Crippen molar-refractivity contribution >= 4 is 5.97 Å². The molecule has 0 aliphatic rings. The van der Waals surface area contributed by atoms with Crippen LogP contribution < -0.4 is 0 Å². The number of carboxylic acid groups (broad SMARTS) is 1. The Morgan fingerprint density at radius 2 is 1.23 bits per heavy atom. The summed E-state index contributed by atoms with van der Waals surface area (Å²) in [5.74, 6) is -0.659. The van der Waals surface area contributed by atoms with Gasteiger partial charge in [0.25, 0.3) is 0 Å². The van der Waals surface area contributed by atoms with Crippen LogP contribution in [0.15, 0.2) is 0 Å². The summed E-state index contributed by atoms with van der Waals surface area (Å²) in [4.78, 5) is 12.2. The van der Waals surface area contributed by atoms with E-state index in [4.69, 9.17) is 10.4 Å². The number of aliphatic carboxylic acids is 1. The maximum atomic E-state index is 10.2. The number of hydrogen-bond acceptors (Lipinski definition) is 3. The van der Waals surface area contributed by atoms with Crippen LogP contribution in [0.3, 0.4) is 0 Å². The van der Waals surface area contributed by atoms with Crippen LogP contribution in [0.2, 0.25) is 0 Å². The Labute approximate surface area is 138 Å². The summed E-state index contributed by atoms with van der Waals surface area (Å²) in [5, 5.41) is 16.0. The first-order chi connectivity index (χ1) is 10.4. The van der Waals surface area contributed by atoms with Crippen LogP contribution in [0.1, 0.15) is 84.5 Å². The van der Waals surface area contributed by atoms with E-state index in [2.05, 4.69) is 6.92 Å². The average molecular weight is 315 g/mol. The third kappa shape index (κ3) is 51.0. The monoisotopic (exact) mass is 314 g/mol. The van der Waals surface area contributed by atoms with Gasteiger partial charge in [-0.3, -0.25) is 4.79 Å². The fourth-order valence-corrected chi connectivity index (χ4v) is 1.59. The lowest BCUT2D eigenvalue weighted by atomic mass is 10.1. The van der Waals surface area contributed by atoms with Crippen LogP contribution >= 0.6 is 0 Å². The Morgan fingerprint density at radius 3 is 1.50 bits per heavy atom. The van der Waals surface area contributed by atoms with E-state index in [1.54, 1.807) is 0 Å². The lowest BCUT2D eigenvalue weighted by Gasteiger charge is -2.00. The summed E-state index contributed by atoms with van der Waals surface area (Å²) in [6, 6.07) is 1.93. The van der Waals surface area contributed by atoms with E-state index >= 15 is 0 Å². The maximum Gasteiger partial charge on any atom is 0.303 e. The van der Waals surface area contributed by atoms with Crippen molar-refractivity contribution in [3.8, 4) is 6.07 Å². The molecule has 0 rings (SSSR count). The number of nitrogens with zero attached hydrogens (tertiary/aromatic N) is 2. The molecule has 0 aliphatic carbocycles. The SMILES string of the molecule is CCC#N.CCCCCCCCCCCC(=O)O.CN(C)C. The molecule has 0 aromatic carbocycles. The Bertz CT molecular complexity index is 245. The van der Waals surface area contributed by atoms with Gasteiger partial charge >= 0.3 is 5.97 Å². The zero-order valence-electron chi connectivity index (χ0n) is 15.5. The minimum atomic E-state index is -0.659. The van der Waals surface area contributed by atoms with Crippen LogP contribution in [0.5, 0.6) is 0 Å². The van der Waals surface area contributed by atoms with Gasteiger partial charge in [0.05, 0.1) is 6.07 Å². The van der Waals surface area contributed by atoms with E-state index in [1.165, 1.54) is 44.9 Å². The summed E-state index contributed by atoms with van der Waals surface area (Å²) in [6.45, 7) is 4.05. The van der Waals surface area contributed by atoms with E-state index in [1.807, 2.05) is 39.0 Å². The number of hydrogen-bond donors (Lipinski definition) is 1. The first kappa shape index (κ1) is 25.9. The smallest absolute Gasteiger partial charge is 0.303 e. The number of rotatable bonds is 10. The molecule has 0 atom stereocenters. The second kappa shape index (κ2) is 24.9. The molecule has 0 saturated carbocycles. The Morgan fingerprint density at radius 1 is 0.909 bits per heavy atom. The number of nitriles is 1. The summed E-state index contributed by atoms with van der Waals surface area (Å²) < 4.78 is 0. The Kier molecular flexibility index (Phi) is 29.3. The van der Waals surface area contributed by atoms with Gasteiger partial charge in [-0.15, -0.1) is 0 Å². The zero-order chi connectivity index (χ0) is 17.6. The highest BCUT2D eigenvalue weighted by molar-refractivity contribution is 5.66. The first-order valence-electron chi connectivity index (χ1n) is 8.61. The Hall–Kier alpha value is -1.08. The third-order valence-electron chi connectivity index (χ3n) is 2.65. The highest BCUT2D eigenvalue weighted by Crippen LogP contribution is 2.10. The van der Waals surface area contributed by atoms with Crippen molar-refractivity contribution in [1.29, 1.82) is 5.26 Å². The molecule has 0 spiro atoms. The van der Waals surface area contributed by atoms with Gasteiger partial charge in [-0.05, 0) is 27.6 Å². The molecule has 0 fully saturated rings. The molecule has 0 aromatic heterocycles. The molecular weight excluding hydrogens is 276 g/mol. The average Bonchev–Trinajstić information content (AvgIpc) is 2.45. The molecule has 0 bridgehead atoms. The zero-order valence-corrected chi connectivity index (χ0v) is 15.5. The van der Waals surface area contributed by atoms with Gasteiger partial charge < -0.3 is 10.0 Å². The number of carboxylic acids is 1. The van der Waals surface area contributed by atoms with Gasteiger partial charge in [-0.25, -0.2) is 0 Å². The molecule has 0 amide bonds. The standard InChI is InChI=1S/C12H24O2.C3H9N.C3H5N/c1-2-3-4-5-6-7-8-9-10-11-12(13)14;1-4(2)3;1-2-3-4/h2-11H2,1H3,(H,13,14);1-3H3;2H2,1H3. The van der Waals surface area contributed by atoms with Gasteiger partial charge in [-0.2, -0.15) is 5.26 Å². The van der Waals surface area contributed by atoms with Crippen molar-refractivity contribution in [2.45, 2.75) is 84.5 Å². The fourth-order valence-electron chi connectivity index (χ4n) is 1.59. The minimum Gasteiger partial charge on any atom is -0.481 e. The predicted octanol–water partition coefficient (Wildman–Crippen LogP) is 5.09. The van der Waals surface area contributed by atoms with Crippen LogP contribution in [0.4, 0.5) is 0 Å². The van der Waals surface area contributed by atoms with Crippen molar-refractivity contribution < 1.29 is 9.90 Å². The van der Waals surface area contributed by atoms with E-state index < -0.39 is 5.97 Å². The van der Waals surface area contributed by atoms with Crippen LogP contribution in [-0.4, -0.2) is 37.1 Å². The molecule has 0 aliphatic heterocycles. The highest BCUT2D eigenvalue weighted by Gasteiger charge is 1.96. The van der Waals surface area contributed by atoms with Crippen LogP contribution in [0.25, 0.3) is 0 Å². The van der Waals surface area contributed by atoms with Crippen molar-refractivity contribution in [3.63, 3.8) is 0 Å². The van der Waals surface area contributed by atoms with Crippen molar-refractivity contribution in [2.75, 3.05) is 21.1 Å². The lowest BCUT2D eigenvalue weighted by Crippen LogP contribution is -1.99. The molecule has 1 N–H and O–H groups in total. The molecule has 4 nitrogen and oxygen atoms in total. The van der Waals surface area contributed by atoms with Gasteiger partial charge in [-0.1, -0.05) is 65.2 Å². The highest BCUT2D eigenvalue weighted by atomic mass is 16.4. The van der Waals surface area contributed by atoms with Crippen LogP contribution in [-0.2, 0) is 4.79 Å². The molecule has 0 saturated heterocycles. The molecular formula is C18H38N2O2. The number of unbranched alkanes of at least 4 members (excludes halogenated alkanes) is 8. The summed E-state index contributed by atoms with van der Waals surface area (Å²) in [6.07, 6.45) is 12.1. The topological polar surface area (TPSA) is 64.3 Å². The third-order valence-corrected chi connectivity index (χ3v) is 2.65. The van der Waals surface area contributed by atoms with E-state index in [-0.39, 0.29) is 0 Å². The first-order valence-corrected chi connectivity index (χ1v) is 8.61. The van der Waals surface area contributed by atoms with Crippen molar-refractivity contribution in [1.82, 2.24) is 4.90 Å². The molecule has 4 heteroatoms. The molecule has 0 unspecified atom stereocenters. The second-order valence-electron chi connectivity index (χ2n) is 5.83. The Balaban J connectivity index is -0.000000372. The minimum absolute atomic E-state index is 0.343. The van der Waals surface area contributed by atoms with Crippen LogP contribution in [0, 0.1) is 11.3 Å². The second-order valence-corrected chi connectivity index (χ2v) is 5.83. The molecule has 0 radical (unpaired) electrons. The summed E-state index contributed by atoms with van der Waals surface area (Å²) in [5.41, 5.74) is 0. The largest absolute Gasteiger partial charge is 0.481 e. The quantitative estimate of drug-likeness (QED) is 0.570.